The first-order chi connectivity index (χ1) is 7.30. The molecule has 0 aliphatic heterocycles. The number of aromatic nitrogens is 2. The molecule has 2 aromatic rings. The summed E-state index contributed by atoms with van der Waals surface area (Å²) in [5.41, 5.74) is 1.19. The van der Waals surface area contributed by atoms with Gasteiger partial charge >= 0.3 is 0 Å². The van der Waals surface area contributed by atoms with Gasteiger partial charge in [-0.1, -0.05) is 6.07 Å². The average molecular weight is 201 g/mol. The second-order valence-corrected chi connectivity index (χ2v) is 3.12. The van der Waals surface area contributed by atoms with Gasteiger partial charge in [0.25, 0.3) is 0 Å². The van der Waals surface area contributed by atoms with E-state index in [9.17, 15) is 0 Å². The van der Waals surface area contributed by atoms with E-state index in [-0.39, 0.29) is 0 Å². The van der Waals surface area contributed by atoms with Gasteiger partial charge in [-0.2, -0.15) is 0 Å². The zero-order valence-corrected chi connectivity index (χ0v) is 9.04. The Morgan fingerprint density at radius 1 is 0.800 bits per heavy atom. The smallest absolute Gasteiger partial charge is 0.0391 e. The molecule has 15 heavy (non-hydrogen) atoms. The summed E-state index contributed by atoms with van der Waals surface area (Å²) in [6.45, 7) is 0. The van der Waals surface area contributed by atoms with Crippen molar-refractivity contribution in [1.29, 1.82) is 0 Å². The Kier molecular flexibility index (Phi) is 4.87. The number of pyridine rings is 2. The minimum Gasteiger partial charge on any atom is -0.378 e. The van der Waals surface area contributed by atoms with E-state index in [1.807, 2.05) is 49.3 Å². The topological polar surface area (TPSA) is 29.0 Å². The second kappa shape index (κ2) is 6.54. The molecule has 0 radical (unpaired) electrons. The summed E-state index contributed by atoms with van der Waals surface area (Å²) in [6, 6.07) is 9.66. The molecule has 3 nitrogen and oxygen atoms in total. The molecule has 2 heterocycles. The van der Waals surface area contributed by atoms with Crippen LogP contribution in [-0.4, -0.2) is 24.1 Å². The van der Waals surface area contributed by atoms with Gasteiger partial charge in [0.1, 0.15) is 0 Å². The van der Waals surface area contributed by atoms with Crippen molar-refractivity contribution in [2.75, 3.05) is 19.0 Å². The van der Waals surface area contributed by atoms with Crippen LogP contribution in [0.2, 0.25) is 0 Å². The fourth-order valence-electron chi connectivity index (χ4n) is 0.955. The van der Waals surface area contributed by atoms with Crippen LogP contribution in [0.5, 0.6) is 0 Å². The highest BCUT2D eigenvalue weighted by molar-refractivity contribution is 5.42. The number of nitrogens with zero attached hydrogens (tertiary/aromatic N) is 3. The predicted octanol–water partition coefficient (Wildman–Crippen LogP) is 2.23. The maximum Gasteiger partial charge on any atom is 0.0391 e. The number of hydrogen-bond donors (Lipinski definition) is 0. The van der Waals surface area contributed by atoms with Crippen LogP contribution in [0, 0.1) is 0 Å². The standard InChI is InChI=1S/C7H10N2.C5H5N/c1-9(2)7-3-5-8-6-4-7;1-2-4-6-5-3-1/h3-6H,1-2H3;1-5H. The average Bonchev–Trinajstić information content (AvgIpc) is 2.33. The molecule has 0 atom stereocenters. The third-order valence-electron chi connectivity index (χ3n) is 1.75. The normalized spacial score (nSPS) is 8.67. The van der Waals surface area contributed by atoms with Crippen molar-refractivity contribution in [1.82, 2.24) is 9.97 Å². The van der Waals surface area contributed by atoms with Crippen molar-refractivity contribution in [2.24, 2.45) is 0 Å². The molecule has 0 saturated carbocycles. The van der Waals surface area contributed by atoms with Crippen LogP contribution in [0.4, 0.5) is 5.69 Å². The lowest BCUT2D eigenvalue weighted by Crippen LogP contribution is -2.07. The van der Waals surface area contributed by atoms with Gasteiger partial charge in [0.2, 0.25) is 0 Å². The lowest BCUT2D eigenvalue weighted by molar-refractivity contribution is 1.12. The molecule has 0 aromatic carbocycles. The van der Waals surface area contributed by atoms with Crippen LogP contribution in [0.1, 0.15) is 0 Å². The molecule has 78 valence electrons. The van der Waals surface area contributed by atoms with Crippen LogP contribution >= 0.6 is 0 Å². The third kappa shape index (κ3) is 4.76. The van der Waals surface area contributed by atoms with E-state index in [0.29, 0.717) is 0 Å². The monoisotopic (exact) mass is 201 g/mol. The van der Waals surface area contributed by atoms with Gasteiger partial charge < -0.3 is 4.90 Å². The third-order valence-corrected chi connectivity index (χ3v) is 1.75. The first-order valence-corrected chi connectivity index (χ1v) is 4.73. The van der Waals surface area contributed by atoms with Gasteiger partial charge in [0.15, 0.2) is 0 Å². The molecule has 0 aliphatic carbocycles. The molecule has 2 aromatic heterocycles. The second-order valence-electron chi connectivity index (χ2n) is 3.12. The highest BCUT2D eigenvalue weighted by Gasteiger charge is 1.88. The highest BCUT2D eigenvalue weighted by Crippen LogP contribution is 2.05. The Labute approximate surface area is 90.4 Å². The summed E-state index contributed by atoms with van der Waals surface area (Å²) in [4.78, 5) is 9.73. The molecular weight excluding hydrogens is 186 g/mol. The van der Waals surface area contributed by atoms with E-state index < -0.39 is 0 Å². The van der Waals surface area contributed by atoms with Gasteiger partial charge in [0.05, 0.1) is 0 Å². The summed E-state index contributed by atoms with van der Waals surface area (Å²) in [7, 11) is 4.02. The zero-order chi connectivity index (χ0) is 10.9. The molecule has 0 aliphatic rings. The summed E-state index contributed by atoms with van der Waals surface area (Å²) < 4.78 is 0. The molecule has 2 rings (SSSR count). The summed E-state index contributed by atoms with van der Waals surface area (Å²) in [6.07, 6.45) is 7.07. The SMILES string of the molecule is CN(C)c1ccncc1.c1ccncc1. The molecule has 0 fully saturated rings. The van der Waals surface area contributed by atoms with E-state index in [0.717, 1.165) is 0 Å². The minimum atomic E-state index is 1.19. The van der Waals surface area contributed by atoms with Crippen molar-refractivity contribution in [3.63, 3.8) is 0 Å². The number of anilines is 1. The van der Waals surface area contributed by atoms with E-state index in [2.05, 4.69) is 9.97 Å². The maximum absolute atomic E-state index is 3.90. The summed E-state index contributed by atoms with van der Waals surface area (Å²) >= 11 is 0. The van der Waals surface area contributed by atoms with Crippen LogP contribution in [0.25, 0.3) is 0 Å². The highest BCUT2D eigenvalue weighted by atomic mass is 15.1. The van der Waals surface area contributed by atoms with Crippen LogP contribution in [0.15, 0.2) is 55.1 Å². The Morgan fingerprint density at radius 3 is 1.60 bits per heavy atom. The van der Waals surface area contributed by atoms with Gasteiger partial charge in [-0.3, -0.25) is 9.97 Å². The lowest BCUT2D eigenvalue weighted by Gasteiger charge is -2.10. The molecule has 0 saturated heterocycles. The van der Waals surface area contributed by atoms with Crippen LogP contribution in [0.3, 0.4) is 0 Å². The van der Waals surface area contributed by atoms with Crippen molar-refractivity contribution < 1.29 is 0 Å². The fourth-order valence-corrected chi connectivity index (χ4v) is 0.955. The van der Waals surface area contributed by atoms with E-state index in [1.165, 1.54) is 5.69 Å². The lowest BCUT2D eigenvalue weighted by atomic mass is 10.4. The number of hydrogen-bond acceptors (Lipinski definition) is 3. The maximum atomic E-state index is 3.90. The minimum absolute atomic E-state index is 1.19. The van der Waals surface area contributed by atoms with E-state index >= 15 is 0 Å². The van der Waals surface area contributed by atoms with Gasteiger partial charge in [0, 0.05) is 44.6 Å². The van der Waals surface area contributed by atoms with Gasteiger partial charge in [-0.05, 0) is 24.3 Å². The summed E-state index contributed by atoms with van der Waals surface area (Å²) in [5.74, 6) is 0. The van der Waals surface area contributed by atoms with E-state index in [4.69, 9.17) is 0 Å². The molecule has 0 unspecified atom stereocenters. The number of rotatable bonds is 1. The van der Waals surface area contributed by atoms with Crippen LogP contribution in [-0.2, 0) is 0 Å². The predicted molar refractivity (Wildman–Crippen MR) is 62.8 cm³/mol. The Balaban J connectivity index is 0.000000162. The van der Waals surface area contributed by atoms with Gasteiger partial charge in [-0.15, -0.1) is 0 Å². The molecule has 0 spiro atoms. The largest absolute Gasteiger partial charge is 0.378 e. The first-order valence-electron chi connectivity index (χ1n) is 4.73. The molecule has 0 bridgehead atoms. The van der Waals surface area contributed by atoms with Gasteiger partial charge in [-0.25, -0.2) is 0 Å². The molecule has 0 amide bonds. The molecule has 3 heteroatoms. The van der Waals surface area contributed by atoms with E-state index in [1.54, 1.807) is 24.8 Å². The molecular formula is C12H15N3. The quantitative estimate of drug-likeness (QED) is 0.708. The van der Waals surface area contributed by atoms with Crippen molar-refractivity contribution in [3.8, 4) is 0 Å². The first kappa shape index (κ1) is 11.2. The van der Waals surface area contributed by atoms with Crippen LogP contribution < -0.4 is 4.90 Å². The van der Waals surface area contributed by atoms with Crippen molar-refractivity contribution in [2.45, 2.75) is 0 Å². The Hall–Kier alpha value is -1.90. The Morgan fingerprint density at radius 2 is 1.33 bits per heavy atom. The van der Waals surface area contributed by atoms with Crippen molar-refractivity contribution in [3.05, 3.63) is 55.1 Å². The Bertz CT molecular complexity index is 319. The molecule has 0 N–H and O–H groups in total. The zero-order valence-electron chi connectivity index (χ0n) is 9.04. The summed E-state index contributed by atoms with van der Waals surface area (Å²) in [5, 5.41) is 0. The van der Waals surface area contributed by atoms with Crippen molar-refractivity contribution >= 4 is 5.69 Å². The fraction of sp³-hybridized carbons (Fsp3) is 0.167.